The average molecular weight is 791 g/mol. The van der Waals surface area contributed by atoms with Crippen molar-refractivity contribution in [1.29, 1.82) is 0 Å². The van der Waals surface area contributed by atoms with Crippen molar-refractivity contribution in [3.05, 3.63) is 82.9 Å². The fourth-order valence-electron chi connectivity index (χ4n) is 5.24. The minimum absolute atomic E-state index is 0.0103. The zero-order valence-corrected chi connectivity index (χ0v) is 33.0. The van der Waals surface area contributed by atoms with E-state index < -0.39 is 12.3 Å². The van der Waals surface area contributed by atoms with Crippen molar-refractivity contribution < 1.29 is 71.2 Å². The van der Waals surface area contributed by atoms with E-state index in [4.69, 9.17) is 61.6 Å². The van der Waals surface area contributed by atoms with Crippen LogP contribution in [-0.4, -0.2) is 95.6 Å². The maximum Gasteiger partial charge on any atom is 0.514 e. The van der Waals surface area contributed by atoms with Gasteiger partial charge in [0.15, 0.2) is 46.0 Å². The highest BCUT2D eigenvalue weighted by Crippen LogP contribution is 2.40. The van der Waals surface area contributed by atoms with Crippen LogP contribution in [0.3, 0.4) is 0 Å². The van der Waals surface area contributed by atoms with Gasteiger partial charge in [-0.3, -0.25) is 0 Å². The Morgan fingerprint density at radius 1 is 0.386 bits per heavy atom. The van der Waals surface area contributed by atoms with Gasteiger partial charge in [-0.2, -0.15) is 0 Å². The molecule has 4 rings (SSSR count). The fourth-order valence-corrected chi connectivity index (χ4v) is 5.24. The topological polar surface area (TPSA) is 154 Å². The van der Waals surface area contributed by atoms with Crippen LogP contribution >= 0.6 is 0 Å². The third kappa shape index (κ3) is 12.1. The normalized spacial score (nSPS) is 10.8. The molecule has 0 fully saturated rings. The molecule has 0 spiro atoms. The number of carbonyl (C=O) groups excluding carboxylic acids is 2. The van der Waals surface area contributed by atoms with Gasteiger partial charge in [-0.05, 0) is 70.8 Å². The van der Waals surface area contributed by atoms with E-state index in [0.717, 1.165) is 11.1 Å². The lowest BCUT2D eigenvalue weighted by molar-refractivity contribution is 0.0264. The van der Waals surface area contributed by atoms with Gasteiger partial charge in [0.2, 0.25) is 11.5 Å². The Hall–Kier alpha value is -6.74. The lowest BCUT2D eigenvalue weighted by Gasteiger charge is -2.13. The second-order valence-electron chi connectivity index (χ2n) is 11.4. The zero-order chi connectivity index (χ0) is 41.2. The molecule has 57 heavy (non-hydrogen) atoms. The highest BCUT2D eigenvalue weighted by atomic mass is 16.7. The largest absolute Gasteiger partial charge is 0.514 e. The quantitative estimate of drug-likeness (QED) is 0.0369. The summed E-state index contributed by atoms with van der Waals surface area (Å²) in [6, 6.07) is 17.4. The minimum Gasteiger partial charge on any atom is -0.493 e. The van der Waals surface area contributed by atoms with Crippen molar-refractivity contribution in [1.82, 2.24) is 0 Å². The molecule has 304 valence electrons. The van der Waals surface area contributed by atoms with Crippen molar-refractivity contribution in [3.63, 3.8) is 0 Å². The summed E-state index contributed by atoms with van der Waals surface area (Å²) in [5.74, 6) is 3.96. The molecule has 0 amide bonds. The molecule has 15 heteroatoms. The first kappa shape index (κ1) is 43.0. The Morgan fingerprint density at radius 2 is 0.702 bits per heavy atom. The Kier molecular flexibility index (Phi) is 16.6. The van der Waals surface area contributed by atoms with E-state index in [2.05, 4.69) is 0 Å². The lowest BCUT2D eigenvalue weighted by Crippen LogP contribution is -2.18. The summed E-state index contributed by atoms with van der Waals surface area (Å²) in [4.78, 5) is 24.9. The first-order valence-corrected chi connectivity index (χ1v) is 17.3. The van der Waals surface area contributed by atoms with E-state index in [9.17, 15) is 9.59 Å². The van der Waals surface area contributed by atoms with Gasteiger partial charge in [-0.25, -0.2) is 9.59 Å². The highest BCUT2D eigenvalue weighted by Gasteiger charge is 2.16. The van der Waals surface area contributed by atoms with Gasteiger partial charge >= 0.3 is 12.3 Å². The van der Waals surface area contributed by atoms with Gasteiger partial charge in [-0.15, -0.1) is 0 Å². The number of carbonyl (C=O) groups is 2. The summed E-state index contributed by atoms with van der Waals surface area (Å²) in [5, 5.41) is 0. The molecule has 0 saturated heterocycles. The van der Waals surface area contributed by atoms with Crippen LogP contribution in [0.15, 0.2) is 60.7 Å². The van der Waals surface area contributed by atoms with Gasteiger partial charge in [0.05, 0.1) is 70.1 Å². The van der Waals surface area contributed by atoms with E-state index in [1.807, 2.05) is 24.3 Å². The van der Waals surface area contributed by atoms with E-state index in [1.54, 1.807) is 89.1 Å². The third-order valence-electron chi connectivity index (χ3n) is 7.97. The number of hydrogen-bond acceptors (Lipinski definition) is 15. The van der Waals surface area contributed by atoms with Crippen molar-refractivity contribution in [2.45, 2.75) is 0 Å². The molecule has 0 aromatic heterocycles. The highest BCUT2D eigenvalue weighted by molar-refractivity contribution is 5.76. The summed E-state index contributed by atoms with van der Waals surface area (Å²) >= 11 is 0. The van der Waals surface area contributed by atoms with E-state index in [0.29, 0.717) is 57.1 Å². The molecule has 0 aliphatic carbocycles. The number of benzene rings is 4. The van der Waals surface area contributed by atoms with Crippen LogP contribution in [0.2, 0.25) is 0 Å². The molecular weight excluding hydrogens is 744 g/mol. The summed E-state index contributed by atoms with van der Waals surface area (Å²) < 4.78 is 69.6. The van der Waals surface area contributed by atoms with Crippen LogP contribution in [0.5, 0.6) is 57.5 Å². The van der Waals surface area contributed by atoms with E-state index in [-0.39, 0.29) is 37.9 Å². The Balaban J connectivity index is 1.22. The van der Waals surface area contributed by atoms with Crippen LogP contribution in [-0.2, 0) is 14.2 Å². The lowest BCUT2D eigenvalue weighted by atomic mass is 10.1. The molecule has 0 N–H and O–H groups in total. The fraction of sp³-hybridized carbons (Fsp3) is 0.286. The van der Waals surface area contributed by atoms with Crippen molar-refractivity contribution in [2.75, 3.05) is 83.3 Å². The molecular formula is C42H46O15. The molecule has 4 aromatic carbocycles. The molecule has 0 bridgehead atoms. The van der Waals surface area contributed by atoms with Crippen LogP contribution in [0, 0.1) is 0 Å². The molecule has 15 nitrogen and oxygen atoms in total. The Bertz CT molecular complexity index is 1830. The molecule has 0 unspecified atom stereocenters. The number of rotatable bonds is 20. The standard InChI is InChI=1S/C42H46O15/c1-45-31-15-13-27(9-11-29-23-35(47-3)39(51-7)36(24-29)48-4)21-33(31)56-41(43)54-19-17-53-18-20-55-42(44)57-34-22-28(14-16-32(34)46-2)10-12-30-25-37(49-5)40(52-8)38(26-30)50-6/h9-16,21-26H,17-20H2,1-8H3. The van der Waals surface area contributed by atoms with Gasteiger partial charge in [-0.1, -0.05) is 36.4 Å². The zero-order valence-electron chi connectivity index (χ0n) is 33.0. The number of ether oxygens (including phenoxy) is 13. The van der Waals surface area contributed by atoms with Gasteiger partial charge in [0.25, 0.3) is 0 Å². The molecule has 0 radical (unpaired) electrons. The third-order valence-corrected chi connectivity index (χ3v) is 7.97. The summed E-state index contributed by atoms with van der Waals surface area (Å²) in [7, 11) is 12.1. The average Bonchev–Trinajstić information content (AvgIpc) is 3.23. The first-order chi connectivity index (χ1) is 27.7. The van der Waals surface area contributed by atoms with E-state index in [1.165, 1.54) is 28.4 Å². The molecule has 0 aliphatic heterocycles. The monoisotopic (exact) mass is 790 g/mol. The van der Waals surface area contributed by atoms with Gasteiger partial charge < -0.3 is 61.6 Å². The minimum atomic E-state index is -0.961. The van der Waals surface area contributed by atoms with Crippen LogP contribution in [0.4, 0.5) is 9.59 Å². The van der Waals surface area contributed by atoms with Crippen molar-refractivity contribution in [2.24, 2.45) is 0 Å². The summed E-state index contributed by atoms with van der Waals surface area (Å²) in [5.41, 5.74) is 3.00. The second-order valence-corrected chi connectivity index (χ2v) is 11.4. The Labute approximate surface area is 331 Å². The maximum absolute atomic E-state index is 12.5. The SMILES string of the molecule is COc1ccc(C=Cc2cc(OC)c(OC)c(OC)c2)cc1OC(=O)OCCOCCOC(=O)Oc1cc(C=Cc2cc(OC)c(OC)c(OC)c2)ccc1OC. The number of methoxy groups -OCH3 is 8. The molecule has 4 aromatic rings. The summed E-state index contributed by atoms with van der Waals surface area (Å²) in [6.07, 6.45) is 5.38. The van der Waals surface area contributed by atoms with Gasteiger partial charge in [0, 0.05) is 0 Å². The van der Waals surface area contributed by atoms with Gasteiger partial charge in [0.1, 0.15) is 13.2 Å². The maximum atomic E-state index is 12.5. The van der Waals surface area contributed by atoms with E-state index >= 15 is 0 Å². The molecule has 0 atom stereocenters. The van der Waals surface area contributed by atoms with Crippen molar-refractivity contribution in [3.8, 4) is 57.5 Å². The van der Waals surface area contributed by atoms with Crippen LogP contribution < -0.4 is 47.4 Å². The first-order valence-electron chi connectivity index (χ1n) is 17.3. The summed E-state index contributed by atoms with van der Waals surface area (Å²) in [6.45, 7) is -0.230. The second kappa shape index (κ2) is 22.0. The Morgan fingerprint density at radius 3 is 1.02 bits per heavy atom. The number of hydrogen-bond donors (Lipinski definition) is 0. The predicted molar refractivity (Wildman–Crippen MR) is 211 cm³/mol. The van der Waals surface area contributed by atoms with Crippen LogP contribution in [0.25, 0.3) is 24.3 Å². The smallest absolute Gasteiger partial charge is 0.493 e. The predicted octanol–water partition coefficient (Wildman–Crippen LogP) is 7.84. The van der Waals surface area contributed by atoms with Crippen molar-refractivity contribution >= 4 is 36.6 Å². The van der Waals surface area contributed by atoms with Crippen LogP contribution in [0.1, 0.15) is 22.3 Å². The molecule has 0 saturated carbocycles. The molecule has 0 aliphatic rings. The molecule has 0 heterocycles.